The maximum atomic E-state index is 15.8. The van der Waals surface area contributed by atoms with E-state index in [4.69, 9.17) is 20.6 Å². The van der Waals surface area contributed by atoms with Crippen LogP contribution in [0.1, 0.15) is 156 Å². The zero-order valence-electron chi connectivity index (χ0n) is 43.8. The first-order valence-electron chi connectivity index (χ1n) is 25.2. The Hall–Kier alpha value is -7.62. The second-order valence-electron chi connectivity index (χ2n) is 23.2. The lowest BCUT2D eigenvalue weighted by atomic mass is 9.82. The minimum Gasteiger partial charge on any atom is -0.457 e. The van der Waals surface area contributed by atoms with Crippen LogP contribution < -0.4 is 19.1 Å². The molecule has 362 valence electrons. The lowest BCUT2D eigenvalue weighted by molar-refractivity contribution is 0.0892. The van der Waals surface area contributed by atoms with E-state index in [1.165, 1.54) is 10.5 Å². The fourth-order valence-corrected chi connectivity index (χ4v) is 10.4. The number of ether oxygens (including phenoxy) is 3. The van der Waals surface area contributed by atoms with E-state index in [2.05, 4.69) is 151 Å². The van der Waals surface area contributed by atoms with Gasteiger partial charge in [-0.05, 0) is 139 Å². The summed E-state index contributed by atoms with van der Waals surface area (Å²) in [5, 5.41) is 6.34. The number of terminal acetylenes is 1. The summed E-state index contributed by atoms with van der Waals surface area (Å²) in [7, 11) is 0. The summed E-state index contributed by atoms with van der Waals surface area (Å²) in [5.74, 6) is 5.38. The molecule has 2 amide bonds. The van der Waals surface area contributed by atoms with Crippen LogP contribution in [0.4, 0.5) is 5.69 Å². The van der Waals surface area contributed by atoms with Crippen molar-refractivity contribution in [1.29, 1.82) is 0 Å². The third kappa shape index (κ3) is 8.19. The Kier molecular flexibility index (Phi) is 11.5. The first-order valence-corrected chi connectivity index (χ1v) is 25.2. The summed E-state index contributed by atoms with van der Waals surface area (Å²) in [5.41, 5.74) is 6.98. The van der Waals surface area contributed by atoms with Gasteiger partial charge in [0.05, 0.1) is 16.8 Å². The Morgan fingerprint density at radius 3 is 1.22 bits per heavy atom. The molecule has 0 N–H and O–H groups in total. The molecule has 0 unspecified atom stereocenters. The standard InChI is InChI=1S/C66H63NO5/c1-15-39-33-49(37(2)3)61(50(34-39)38(4)5)67-62(68)51-35-54(71-44-27-21-41(22-28-44)65(9,10)11)58-47-18-16-17-46-53(70-43-25-19-40(20-26-43)64(6,7)8)32-31-48(56(46)47)59-55(36-52(63(67)69)57(51)60(58)59)72-45-29-23-42(24-30-45)66(12,13)14/h1,16-38H,2-14H3. The van der Waals surface area contributed by atoms with Crippen molar-refractivity contribution in [3.8, 4) is 46.8 Å². The number of fused-ring (bicyclic) bond motifs is 2. The Bertz CT molecular complexity index is 3520. The summed E-state index contributed by atoms with van der Waals surface area (Å²) in [6, 6.07) is 42.4. The van der Waals surface area contributed by atoms with Crippen LogP contribution in [0.15, 0.2) is 127 Å². The molecule has 6 heteroatoms. The van der Waals surface area contributed by atoms with Crippen molar-refractivity contribution in [3.05, 3.63) is 172 Å². The van der Waals surface area contributed by atoms with Gasteiger partial charge in [-0.15, -0.1) is 6.42 Å². The summed E-state index contributed by atoms with van der Waals surface area (Å²) in [6.45, 7) is 28.0. The zero-order chi connectivity index (χ0) is 51.3. The van der Waals surface area contributed by atoms with Crippen LogP contribution in [0.25, 0.3) is 43.1 Å². The molecular formula is C66H63NO5. The summed E-state index contributed by atoms with van der Waals surface area (Å²) in [6.07, 6.45) is 6.04. The number of anilines is 1. The second kappa shape index (κ2) is 17.3. The maximum Gasteiger partial charge on any atom is 0.266 e. The van der Waals surface area contributed by atoms with Crippen molar-refractivity contribution in [1.82, 2.24) is 0 Å². The van der Waals surface area contributed by atoms with E-state index in [9.17, 15) is 0 Å². The van der Waals surface area contributed by atoms with Crippen molar-refractivity contribution >= 4 is 60.6 Å². The molecule has 10 rings (SSSR count). The fraction of sp³-hybridized carbons (Fsp3) is 0.273. The molecular weight excluding hydrogens is 887 g/mol. The third-order valence-corrected chi connectivity index (χ3v) is 14.4. The molecule has 0 bridgehead atoms. The minimum absolute atomic E-state index is 0.00836. The maximum absolute atomic E-state index is 15.8. The largest absolute Gasteiger partial charge is 0.457 e. The van der Waals surface area contributed by atoms with Gasteiger partial charge in [0.1, 0.15) is 34.5 Å². The molecule has 72 heavy (non-hydrogen) atoms. The molecule has 9 aromatic rings. The van der Waals surface area contributed by atoms with Gasteiger partial charge in [-0.2, -0.15) is 0 Å². The molecule has 0 radical (unpaired) electrons. The van der Waals surface area contributed by atoms with E-state index in [1.54, 1.807) is 0 Å². The number of rotatable bonds is 9. The molecule has 0 aromatic heterocycles. The van der Waals surface area contributed by atoms with Gasteiger partial charge in [-0.1, -0.05) is 151 Å². The molecule has 1 aliphatic heterocycles. The predicted molar refractivity (Wildman–Crippen MR) is 297 cm³/mol. The van der Waals surface area contributed by atoms with Crippen LogP contribution in [-0.2, 0) is 16.2 Å². The highest BCUT2D eigenvalue weighted by molar-refractivity contribution is 6.44. The van der Waals surface area contributed by atoms with Gasteiger partial charge in [0.25, 0.3) is 11.8 Å². The normalized spacial score (nSPS) is 13.3. The molecule has 1 aliphatic rings. The molecule has 0 fully saturated rings. The van der Waals surface area contributed by atoms with Crippen molar-refractivity contribution < 1.29 is 23.8 Å². The van der Waals surface area contributed by atoms with Crippen LogP contribution in [0, 0.1) is 12.3 Å². The van der Waals surface area contributed by atoms with Crippen LogP contribution in [-0.4, -0.2) is 11.8 Å². The lowest BCUT2D eigenvalue weighted by Crippen LogP contribution is -2.42. The molecule has 0 aliphatic carbocycles. The molecule has 0 spiro atoms. The molecule has 1 heterocycles. The molecule has 6 nitrogen and oxygen atoms in total. The number of benzene rings is 9. The number of amides is 2. The second-order valence-corrected chi connectivity index (χ2v) is 23.2. The van der Waals surface area contributed by atoms with Gasteiger partial charge in [-0.3, -0.25) is 9.59 Å². The van der Waals surface area contributed by atoms with Crippen LogP contribution in [0.2, 0.25) is 0 Å². The van der Waals surface area contributed by atoms with Crippen molar-refractivity contribution in [2.75, 3.05) is 4.90 Å². The number of carbonyl (C=O) groups is 2. The monoisotopic (exact) mass is 949 g/mol. The van der Waals surface area contributed by atoms with Gasteiger partial charge >= 0.3 is 0 Å². The highest BCUT2D eigenvalue weighted by atomic mass is 16.5. The summed E-state index contributed by atoms with van der Waals surface area (Å²) in [4.78, 5) is 33.0. The Morgan fingerprint density at radius 2 is 0.833 bits per heavy atom. The highest BCUT2D eigenvalue weighted by Gasteiger charge is 2.40. The van der Waals surface area contributed by atoms with Gasteiger partial charge < -0.3 is 14.2 Å². The SMILES string of the molecule is C#Cc1cc(C(C)C)c(N2C(=O)c3cc(Oc4ccc(C(C)(C)C)cc4)c4c5cccc6c(Oc7ccc(C(C)(C)C)cc7)ccc(c7c(Oc8ccc(C(C)(C)C)cc8)cc(c3c47)C2=O)c65)c(C(C)C)c1. The smallest absolute Gasteiger partial charge is 0.266 e. The van der Waals surface area contributed by atoms with E-state index in [0.717, 1.165) is 60.3 Å². The molecule has 0 atom stereocenters. The highest BCUT2D eigenvalue weighted by Crippen LogP contribution is 2.54. The molecule has 0 saturated carbocycles. The van der Waals surface area contributed by atoms with Crippen molar-refractivity contribution in [2.45, 2.75) is 118 Å². The summed E-state index contributed by atoms with van der Waals surface area (Å²) < 4.78 is 21.0. The fourth-order valence-electron chi connectivity index (χ4n) is 10.4. The summed E-state index contributed by atoms with van der Waals surface area (Å²) >= 11 is 0. The number of carbonyl (C=O) groups excluding carboxylic acids is 2. The third-order valence-electron chi connectivity index (χ3n) is 14.4. The molecule has 0 saturated heterocycles. The number of hydrogen-bond acceptors (Lipinski definition) is 5. The minimum atomic E-state index is -0.438. The average molecular weight is 950 g/mol. The number of nitrogens with zero attached hydrogens (tertiary/aromatic N) is 1. The topological polar surface area (TPSA) is 65.1 Å². The first-order chi connectivity index (χ1) is 34.0. The number of hydrogen-bond donors (Lipinski definition) is 0. The van der Waals surface area contributed by atoms with Gasteiger partial charge in [-0.25, -0.2) is 4.90 Å². The zero-order valence-corrected chi connectivity index (χ0v) is 43.8. The predicted octanol–water partition coefficient (Wildman–Crippen LogP) is 18.0. The van der Waals surface area contributed by atoms with E-state index in [-0.39, 0.29) is 28.1 Å². The quantitative estimate of drug-likeness (QED) is 0.0624. The van der Waals surface area contributed by atoms with Crippen LogP contribution in [0.3, 0.4) is 0 Å². The van der Waals surface area contributed by atoms with Crippen molar-refractivity contribution in [2.24, 2.45) is 0 Å². The van der Waals surface area contributed by atoms with E-state index >= 15 is 9.59 Å². The van der Waals surface area contributed by atoms with E-state index in [0.29, 0.717) is 61.9 Å². The Labute approximate surface area is 424 Å². The first kappa shape index (κ1) is 48.0. The number of imide groups is 1. The van der Waals surface area contributed by atoms with Gasteiger partial charge in [0.2, 0.25) is 0 Å². The van der Waals surface area contributed by atoms with Crippen molar-refractivity contribution in [3.63, 3.8) is 0 Å². The average Bonchev–Trinajstić information content (AvgIpc) is 3.33. The lowest BCUT2D eigenvalue weighted by Gasteiger charge is -2.34. The Balaban J connectivity index is 1.31. The van der Waals surface area contributed by atoms with E-state index < -0.39 is 11.8 Å². The van der Waals surface area contributed by atoms with Crippen LogP contribution >= 0.6 is 0 Å². The van der Waals surface area contributed by atoms with Gasteiger partial charge in [0, 0.05) is 37.9 Å². The Morgan fingerprint density at radius 1 is 0.444 bits per heavy atom. The van der Waals surface area contributed by atoms with Crippen LogP contribution in [0.5, 0.6) is 34.5 Å². The van der Waals surface area contributed by atoms with E-state index in [1.807, 2.05) is 72.8 Å². The van der Waals surface area contributed by atoms with Gasteiger partial charge in [0.15, 0.2) is 0 Å². The molecule has 9 aromatic carbocycles.